The zero-order valence-corrected chi connectivity index (χ0v) is 19.7. The lowest BCUT2D eigenvalue weighted by molar-refractivity contribution is -0.142. The van der Waals surface area contributed by atoms with Crippen molar-refractivity contribution in [2.75, 3.05) is 32.3 Å². The molecule has 0 aliphatic heterocycles. The molecule has 0 aliphatic carbocycles. The van der Waals surface area contributed by atoms with Crippen LogP contribution in [0.1, 0.15) is 13.3 Å². The topological polar surface area (TPSA) is 91.6 Å². The Hall–Kier alpha value is -4.14. The van der Waals surface area contributed by atoms with E-state index in [9.17, 15) is 4.79 Å². The summed E-state index contributed by atoms with van der Waals surface area (Å²) in [6.45, 7) is 2.54. The van der Waals surface area contributed by atoms with Crippen molar-refractivity contribution >= 4 is 28.4 Å². The molecule has 0 atom stereocenters. The van der Waals surface area contributed by atoms with Crippen LogP contribution in [0.25, 0.3) is 22.3 Å². The molecule has 0 saturated carbocycles. The van der Waals surface area contributed by atoms with Crippen LogP contribution in [0.15, 0.2) is 55.0 Å². The molecule has 0 unspecified atom stereocenters. The molecular formula is C25H27N5O4. The number of carbonyl (C=O) groups is 1. The van der Waals surface area contributed by atoms with Crippen molar-refractivity contribution in [2.45, 2.75) is 13.3 Å². The second-order valence-electron chi connectivity index (χ2n) is 7.61. The summed E-state index contributed by atoms with van der Waals surface area (Å²) in [5.74, 6) is 1.03. The number of hydrogen-bond acceptors (Lipinski definition) is 8. The molecule has 9 nitrogen and oxygen atoms in total. The number of anilines is 2. The van der Waals surface area contributed by atoms with E-state index in [2.05, 4.69) is 10.1 Å². The van der Waals surface area contributed by atoms with Crippen molar-refractivity contribution in [1.29, 1.82) is 0 Å². The highest BCUT2D eigenvalue weighted by molar-refractivity contribution is 5.83. The highest BCUT2D eigenvalue weighted by atomic mass is 16.5. The Morgan fingerprint density at radius 3 is 2.41 bits per heavy atom. The number of ether oxygens (including phenoxy) is 3. The molecule has 34 heavy (non-hydrogen) atoms. The standard InChI is InChI=1S/C25H27N5O4/c1-5-34-25(31)8-9-30(19-10-20(32-3)13-21(11-19)33-4)18-6-7-22-23(12-18)28-24(15-26-22)17-14-27-29(2)16-17/h6-7,10-16H,5,8-9H2,1-4H3. The summed E-state index contributed by atoms with van der Waals surface area (Å²) in [6.07, 6.45) is 5.61. The van der Waals surface area contributed by atoms with E-state index in [1.54, 1.807) is 44.3 Å². The quantitative estimate of drug-likeness (QED) is 0.344. The third-order valence-corrected chi connectivity index (χ3v) is 5.33. The van der Waals surface area contributed by atoms with Crippen LogP contribution in [0.3, 0.4) is 0 Å². The molecule has 0 N–H and O–H groups in total. The monoisotopic (exact) mass is 461 g/mol. The molecule has 9 heteroatoms. The van der Waals surface area contributed by atoms with Gasteiger partial charge in [-0.3, -0.25) is 14.5 Å². The molecule has 0 fully saturated rings. The van der Waals surface area contributed by atoms with Crippen molar-refractivity contribution in [2.24, 2.45) is 7.05 Å². The van der Waals surface area contributed by atoms with Gasteiger partial charge in [-0.2, -0.15) is 5.10 Å². The molecule has 0 spiro atoms. The second-order valence-corrected chi connectivity index (χ2v) is 7.61. The van der Waals surface area contributed by atoms with E-state index in [0.29, 0.717) is 24.7 Å². The zero-order valence-electron chi connectivity index (χ0n) is 19.7. The minimum Gasteiger partial charge on any atom is -0.497 e. The van der Waals surface area contributed by atoms with E-state index < -0.39 is 0 Å². The number of nitrogens with zero attached hydrogens (tertiary/aromatic N) is 5. The van der Waals surface area contributed by atoms with E-state index in [1.807, 2.05) is 48.5 Å². The van der Waals surface area contributed by atoms with Gasteiger partial charge in [0.25, 0.3) is 0 Å². The predicted molar refractivity (Wildman–Crippen MR) is 130 cm³/mol. The molecule has 0 radical (unpaired) electrons. The van der Waals surface area contributed by atoms with Crippen molar-refractivity contribution in [3.8, 4) is 22.8 Å². The maximum atomic E-state index is 12.1. The summed E-state index contributed by atoms with van der Waals surface area (Å²) in [5.41, 5.74) is 4.79. The number of rotatable bonds is 9. The van der Waals surface area contributed by atoms with Crippen LogP contribution in [-0.4, -0.2) is 53.1 Å². The summed E-state index contributed by atoms with van der Waals surface area (Å²) in [4.78, 5) is 23.5. The molecule has 4 rings (SSSR count). The van der Waals surface area contributed by atoms with Gasteiger partial charge in [-0.05, 0) is 25.1 Å². The summed E-state index contributed by atoms with van der Waals surface area (Å²) in [5, 5.41) is 4.22. The van der Waals surface area contributed by atoms with Gasteiger partial charge in [-0.25, -0.2) is 4.98 Å². The first-order valence-corrected chi connectivity index (χ1v) is 10.9. The van der Waals surface area contributed by atoms with Crippen LogP contribution in [0.4, 0.5) is 11.4 Å². The van der Waals surface area contributed by atoms with Gasteiger partial charge in [0.15, 0.2) is 0 Å². The molecule has 0 saturated heterocycles. The highest BCUT2D eigenvalue weighted by Gasteiger charge is 2.16. The lowest BCUT2D eigenvalue weighted by atomic mass is 10.1. The summed E-state index contributed by atoms with van der Waals surface area (Å²) < 4.78 is 17.8. The van der Waals surface area contributed by atoms with Crippen LogP contribution < -0.4 is 14.4 Å². The third-order valence-electron chi connectivity index (χ3n) is 5.33. The Balaban J connectivity index is 1.76. The second kappa shape index (κ2) is 10.2. The fraction of sp³-hybridized carbons (Fsp3) is 0.280. The Labute approximate surface area is 197 Å². The summed E-state index contributed by atoms with van der Waals surface area (Å²) in [7, 11) is 5.07. The largest absolute Gasteiger partial charge is 0.497 e. The summed E-state index contributed by atoms with van der Waals surface area (Å²) >= 11 is 0. The van der Waals surface area contributed by atoms with Crippen LogP contribution >= 0.6 is 0 Å². The number of aryl methyl sites for hydroxylation is 1. The third kappa shape index (κ3) is 5.09. The summed E-state index contributed by atoms with van der Waals surface area (Å²) in [6, 6.07) is 11.4. The van der Waals surface area contributed by atoms with E-state index in [-0.39, 0.29) is 12.4 Å². The van der Waals surface area contributed by atoms with Gasteiger partial charge in [0.05, 0.1) is 56.4 Å². The first-order valence-electron chi connectivity index (χ1n) is 10.9. The molecule has 0 aliphatic rings. The van der Waals surface area contributed by atoms with Gasteiger partial charge < -0.3 is 19.1 Å². The fourth-order valence-corrected chi connectivity index (χ4v) is 3.65. The van der Waals surface area contributed by atoms with Gasteiger partial charge in [0.1, 0.15) is 11.5 Å². The van der Waals surface area contributed by atoms with E-state index in [0.717, 1.165) is 33.7 Å². The number of fused-ring (bicyclic) bond motifs is 1. The molecule has 2 aromatic carbocycles. The van der Waals surface area contributed by atoms with Gasteiger partial charge in [-0.1, -0.05) is 0 Å². The number of aromatic nitrogens is 4. The average molecular weight is 462 g/mol. The Kier molecular flexibility index (Phi) is 6.91. The lowest BCUT2D eigenvalue weighted by Crippen LogP contribution is -2.22. The van der Waals surface area contributed by atoms with E-state index in [1.165, 1.54) is 0 Å². The number of benzene rings is 2. The van der Waals surface area contributed by atoms with Crippen LogP contribution in [0.5, 0.6) is 11.5 Å². The smallest absolute Gasteiger partial charge is 0.307 e. The van der Waals surface area contributed by atoms with Crippen molar-refractivity contribution in [3.05, 3.63) is 55.0 Å². The minimum absolute atomic E-state index is 0.215. The van der Waals surface area contributed by atoms with E-state index in [4.69, 9.17) is 19.2 Å². The molecule has 0 bridgehead atoms. The number of esters is 1. The molecular weight excluding hydrogens is 434 g/mol. The van der Waals surface area contributed by atoms with Gasteiger partial charge in [-0.15, -0.1) is 0 Å². The number of hydrogen-bond donors (Lipinski definition) is 0. The maximum absolute atomic E-state index is 12.1. The zero-order chi connectivity index (χ0) is 24.1. The van der Waals surface area contributed by atoms with Crippen LogP contribution in [0, 0.1) is 0 Å². The van der Waals surface area contributed by atoms with Crippen molar-refractivity contribution in [3.63, 3.8) is 0 Å². The van der Waals surface area contributed by atoms with Crippen LogP contribution in [0.2, 0.25) is 0 Å². The van der Waals surface area contributed by atoms with Crippen molar-refractivity contribution in [1.82, 2.24) is 19.7 Å². The Morgan fingerprint density at radius 2 is 1.76 bits per heavy atom. The van der Waals surface area contributed by atoms with Gasteiger partial charge in [0, 0.05) is 54.9 Å². The van der Waals surface area contributed by atoms with Gasteiger partial charge in [0.2, 0.25) is 0 Å². The van der Waals surface area contributed by atoms with Crippen LogP contribution in [-0.2, 0) is 16.6 Å². The molecule has 4 aromatic rings. The highest BCUT2D eigenvalue weighted by Crippen LogP contribution is 2.34. The SMILES string of the molecule is CCOC(=O)CCN(c1cc(OC)cc(OC)c1)c1ccc2ncc(-c3cnn(C)c3)nc2c1. The number of carbonyl (C=O) groups excluding carboxylic acids is 1. The normalized spacial score (nSPS) is 10.8. The van der Waals surface area contributed by atoms with E-state index >= 15 is 0 Å². The first kappa shape index (κ1) is 23.0. The van der Waals surface area contributed by atoms with Crippen molar-refractivity contribution < 1.29 is 19.0 Å². The average Bonchev–Trinajstić information content (AvgIpc) is 3.29. The first-order chi connectivity index (χ1) is 16.5. The lowest BCUT2D eigenvalue weighted by Gasteiger charge is -2.26. The molecule has 2 aromatic heterocycles. The molecule has 0 amide bonds. The fourth-order valence-electron chi connectivity index (χ4n) is 3.65. The Morgan fingerprint density at radius 1 is 1.00 bits per heavy atom. The molecule has 2 heterocycles. The predicted octanol–water partition coefficient (Wildman–Crippen LogP) is 4.14. The Bertz CT molecular complexity index is 1280. The maximum Gasteiger partial charge on any atom is 0.307 e. The number of methoxy groups -OCH3 is 2. The minimum atomic E-state index is -0.262. The van der Waals surface area contributed by atoms with Gasteiger partial charge >= 0.3 is 5.97 Å². The molecule has 176 valence electrons.